The van der Waals surface area contributed by atoms with Gasteiger partial charge in [0.25, 0.3) is 5.91 Å². The summed E-state index contributed by atoms with van der Waals surface area (Å²) in [5.74, 6) is 0.941. The number of aromatic nitrogens is 2. The Bertz CT molecular complexity index is 1010. The molecular weight excluding hydrogens is 400 g/mol. The first kappa shape index (κ1) is 22.2. The quantitative estimate of drug-likeness (QED) is 0.547. The van der Waals surface area contributed by atoms with Crippen LogP contribution in [0.3, 0.4) is 0 Å². The number of carbonyl (C=O) groups excluding carboxylic acids is 1. The molecule has 2 aromatic carbocycles. The molecule has 1 aliphatic heterocycles. The van der Waals surface area contributed by atoms with E-state index in [4.69, 9.17) is 4.74 Å². The van der Waals surface area contributed by atoms with Gasteiger partial charge in [-0.3, -0.25) is 9.69 Å². The Labute approximate surface area is 190 Å². The maximum atomic E-state index is 13.4. The van der Waals surface area contributed by atoms with Crippen LogP contribution < -0.4 is 0 Å². The molecule has 6 nitrogen and oxygen atoms in total. The predicted molar refractivity (Wildman–Crippen MR) is 126 cm³/mol. The van der Waals surface area contributed by atoms with Crippen LogP contribution >= 0.6 is 0 Å². The van der Waals surface area contributed by atoms with Crippen LogP contribution in [0.1, 0.15) is 32.9 Å². The van der Waals surface area contributed by atoms with Crippen molar-refractivity contribution < 1.29 is 9.53 Å². The Morgan fingerprint density at radius 2 is 1.66 bits per heavy atom. The molecule has 1 aliphatic rings. The normalized spacial score (nSPS) is 14.4. The first-order valence-electron chi connectivity index (χ1n) is 11.3. The number of amides is 1. The van der Waals surface area contributed by atoms with E-state index >= 15 is 0 Å². The van der Waals surface area contributed by atoms with Gasteiger partial charge in [-0.15, -0.1) is 0 Å². The van der Waals surface area contributed by atoms with Gasteiger partial charge in [0.2, 0.25) is 0 Å². The molecule has 0 N–H and O–H groups in total. The lowest BCUT2D eigenvalue weighted by molar-refractivity contribution is 0.0318. The molecule has 0 atom stereocenters. The Morgan fingerprint density at radius 3 is 2.34 bits per heavy atom. The number of hydrogen-bond donors (Lipinski definition) is 0. The highest BCUT2D eigenvalue weighted by molar-refractivity contribution is 5.94. The van der Waals surface area contributed by atoms with Crippen molar-refractivity contribution in [3.05, 3.63) is 89.0 Å². The van der Waals surface area contributed by atoms with E-state index in [2.05, 4.69) is 45.6 Å². The number of morpholine rings is 1. The van der Waals surface area contributed by atoms with Gasteiger partial charge < -0.3 is 14.2 Å². The van der Waals surface area contributed by atoms with Crippen molar-refractivity contribution in [1.82, 2.24) is 19.4 Å². The largest absolute Gasteiger partial charge is 0.379 e. The van der Waals surface area contributed by atoms with Crippen molar-refractivity contribution in [2.45, 2.75) is 26.9 Å². The van der Waals surface area contributed by atoms with Gasteiger partial charge in [-0.2, -0.15) is 0 Å². The summed E-state index contributed by atoms with van der Waals surface area (Å²) in [6.07, 6.45) is 3.81. The van der Waals surface area contributed by atoms with Crippen molar-refractivity contribution in [1.29, 1.82) is 0 Å². The van der Waals surface area contributed by atoms with Crippen molar-refractivity contribution in [3.63, 3.8) is 0 Å². The zero-order valence-electron chi connectivity index (χ0n) is 19.0. The smallest absolute Gasteiger partial charge is 0.254 e. The summed E-state index contributed by atoms with van der Waals surface area (Å²) in [4.78, 5) is 22.3. The molecule has 0 bridgehead atoms. The van der Waals surface area contributed by atoms with E-state index in [9.17, 15) is 4.79 Å². The van der Waals surface area contributed by atoms with E-state index in [0.717, 1.165) is 50.8 Å². The number of benzene rings is 2. The third-order valence-corrected chi connectivity index (χ3v) is 5.98. The molecule has 0 saturated carbocycles. The van der Waals surface area contributed by atoms with Crippen LogP contribution in [0.5, 0.6) is 0 Å². The van der Waals surface area contributed by atoms with Gasteiger partial charge in [0.15, 0.2) is 0 Å². The second-order valence-corrected chi connectivity index (χ2v) is 8.50. The third-order valence-electron chi connectivity index (χ3n) is 5.98. The van der Waals surface area contributed by atoms with Crippen LogP contribution in [0.25, 0.3) is 0 Å². The molecular formula is C26H32N4O2. The first-order valence-corrected chi connectivity index (χ1v) is 11.3. The molecule has 1 saturated heterocycles. The van der Waals surface area contributed by atoms with E-state index in [1.165, 1.54) is 11.1 Å². The number of ether oxygens (including phenoxy) is 1. The molecule has 2 heterocycles. The molecule has 32 heavy (non-hydrogen) atoms. The average molecular weight is 433 g/mol. The highest BCUT2D eigenvalue weighted by Crippen LogP contribution is 2.13. The summed E-state index contributed by atoms with van der Waals surface area (Å²) in [5, 5.41) is 0. The Balaban J connectivity index is 1.50. The van der Waals surface area contributed by atoms with Gasteiger partial charge in [0, 0.05) is 50.7 Å². The number of carbonyl (C=O) groups is 1. The zero-order valence-corrected chi connectivity index (χ0v) is 19.0. The minimum Gasteiger partial charge on any atom is -0.379 e. The number of rotatable bonds is 8. The van der Waals surface area contributed by atoms with E-state index in [0.29, 0.717) is 18.7 Å². The molecule has 0 unspecified atom stereocenters. The second-order valence-electron chi connectivity index (χ2n) is 8.50. The summed E-state index contributed by atoms with van der Waals surface area (Å²) >= 11 is 0. The molecule has 1 fully saturated rings. The van der Waals surface area contributed by atoms with Crippen LogP contribution in [0, 0.1) is 13.8 Å². The summed E-state index contributed by atoms with van der Waals surface area (Å²) < 4.78 is 7.60. The van der Waals surface area contributed by atoms with E-state index in [1.54, 1.807) is 0 Å². The van der Waals surface area contributed by atoms with E-state index < -0.39 is 0 Å². The highest BCUT2D eigenvalue weighted by Gasteiger charge is 2.20. The molecule has 1 amide bonds. The number of nitrogens with zero attached hydrogens (tertiary/aromatic N) is 4. The van der Waals surface area contributed by atoms with Gasteiger partial charge in [0.05, 0.1) is 19.8 Å². The number of hydrogen-bond acceptors (Lipinski definition) is 4. The molecule has 4 rings (SSSR count). The lowest BCUT2D eigenvalue weighted by atomic mass is 10.1. The van der Waals surface area contributed by atoms with Gasteiger partial charge >= 0.3 is 0 Å². The lowest BCUT2D eigenvalue weighted by Crippen LogP contribution is -2.43. The topological polar surface area (TPSA) is 50.6 Å². The monoisotopic (exact) mass is 432 g/mol. The number of aryl methyl sites for hydroxylation is 2. The van der Waals surface area contributed by atoms with Crippen LogP contribution in [-0.2, 0) is 17.8 Å². The Kier molecular flexibility index (Phi) is 7.35. The fraction of sp³-hybridized carbons (Fsp3) is 0.385. The van der Waals surface area contributed by atoms with E-state index in [-0.39, 0.29) is 5.91 Å². The van der Waals surface area contributed by atoms with Gasteiger partial charge in [0.1, 0.15) is 5.82 Å². The highest BCUT2D eigenvalue weighted by atomic mass is 16.5. The summed E-state index contributed by atoms with van der Waals surface area (Å²) in [6, 6.07) is 16.4. The van der Waals surface area contributed by atoms with Crippen LogP contribution in [0.4, 0.5) is 0 Å². The van der Waals surface area contributed by atoms with Crippen molar-refractivity contribution >= 4 is 5.91 Å². The first-order chi connectivity index (χ1) is 15.6. The molecule has 0 spiro atoms. The second kappa shape index (κ2) is 10.6. The van der Waals surface area contributed by atoms with Crippen LogP contribution in [0.2, 0.25) is 0 Å². The zero-order chi connectivity index (χ0) is 22.3. The minimum absolute atomic E-state index is 0.0446. The summed E-state index contributed by atoms with van der Waals surface area (Å²) in [7, 11) is 0. The Morgan fingerprint density at radius 1 is 1.00 bits per heavy atom. The molecule has 1 aromatic heterocycles. The van der Waals surface area contributed by atoms with Crippen LogP contribution in [-0.4, -0.2) is 64.7 Å². The molecule has 0 aliphatic carbocycles. The third kappa shape index (κ3) is 5.84. The maximum Gasteiger partial charge on any atom is 0.254 e. The van der Waals surface area contributed by atoms with E-state index in [1.807, 2.05) is 48.5 Å². The molecule has 0 radical (unpaired) electrons. The summed E-state index contributed by atoms with van der Waals surface area (Å²) in [6.45, 7) is 10.2. The fourth-order valence-electron chi connectivity index (χ4n) is 3.91. The van der Waals surface area contributed by atoms with Crippen molar-refractivity contribution in [3.8, 4) is 0 Å². The fourth-order valence-corrected chi connectivity index (χ4v) is 3.91. The average Bonchev–Trinajstić information content (AvgIpc) is 3.25. The SMILES string of the molecule is Cc1ccc(Cn2ccnc2CN(CCN2CCOCC2)C(=O)c2ccc(C)cc2)cc1. The van der Waals surface area contributed by atoms with Gasteiger partial charge in [-0.25, -0.2) is 4.98 Å². The van der Waals surface area contributed by atoms with Crippen molar-refractivity contribution in [2.75, 3.05) is 39.4 Å². The van der Waals surface area contributed by atoms with Crippen LogP contribution in [0.15, 0.2) is 60.9 Å². The minimum atomic E-state index is 0.0446. The van der Waals surface area contributed by atoms with Gasteiger partial charge in [-0.1, -0.05) is 47.5 Å². The lowest BCUT2D eigenvalue weighted by Gasteiger charge is -2.30. The van der Waals surface area contributed by atoms with Gasteiger partial charge in [-0.05, 0) is 31.5 Å². The maximum absolute atomic E-state index is 13.4. The predicted octanol–water partition coefficient (Wildman–Crippen LogP) is 3.52. The number of imidazole rings is 1. The van der Waals surface area contributed by atoms with Crippen molar-refractivity contribution in [2.24, 2.45) is 0 Å². The molecule has 3 aromatic rings. The standard InChI is InChI=1S/C26H32N4O2/c1-21-3-7-23(8-4-21)19-29-12-11-27-25(29)20-30(14-13-28-15-17-32-18-16-28)26(31)24-9-5-22(2)6-10-24/h3-12H,13-20H2,1-2H3. The Hall–Kier alpha value is -2.96. The molecule has 6 heteroatoms. The summed E-state index contributed by atoms with van der Waals surface area (Å²) in [5.41, 5.74) is 4.33. The molecule has 168 valence electrons.